The minimum atomic E-state index is -3.99. The molecule has 0 aliphatic heterocycles. The molecule has 0 amide bonds. The molecule has 3 aromatic rings. The average molecular weight is 373 g/mol. The molecule has 0 radical (unpaired) electrons. The number of ether oxygens (including phenoxy) is 1. The molecular weight excluding hydrogens is 354 g/mol. The molecule has 0 saturated heterocycles. The Bertz CT molecular complexity index is 1020. The van der Waals surface area contributed by atoms with E-state index in [9.17, 15) is 13.5 Å². The van der Waals surface area contributed by atoms with Gasteiger partial charge in [0.2, 0.25) is 5.88 Å². The number of para-hydroxylation sites is 1. The Hall–Kier alpha value is -2.87. The summed E-state index contributed by atoms with van der Waals surface area (Å²) < 4.78 is 33.7. The molecule has 3 rings (SSSR count). The standard InChI is InChI=1S/C18H19N3O4S/c1-2-3-12-25-13-8-10-14(11-9-13)26(23,24)21-20-17-15-6-4-5-7-16(15)19-18(17)22/h4-11,19,22H,2-3,12H2,1H3. The summed E-state index contributed by atoms with van der Waals surface area (Å²) in [4.78, 5) is 2.73. The summed E-state index contributed by atoms with van der Waals surface area (Å²) in [7, 11) is -3.99. The molecule has 0 unspecified atom stereocenters. The topological polar surface area (TPSA) is 104 Å². The van der Waals surface area contributed by atoms with Crippen LogP contribution in [-0.2, 0) is 10.0 Å². The van der Waals surface area contributed by atoms with Gasteiger partial charge < -0.3 is 14.8 Å². The Morgan fingerprint density at radius 2 is 1.85 bits per heavy atom. The van der Waals surface area contributed by atoms with Crippen molar-refractivity contribution >= 4 is 26.6 Å². The largest absolute Gasteiger partial charge is 0.494 e. The molecule has 0 fully saturated rings. The maximum atomic E-state index is 12.4. The first-order valence-electron chi connectivity index (χ1n) is 8.22. The molecule has 1 heterocycles. The summed E-state index contributed by atoms with van der Waals surface area (Å²) in [6, 6.07) is 13.0. The fourth-order valence-corrected chi connectivity index (χ4v) is 3.16. The van der Waals surface area contributed by atoms with Crippen LogP contribution in [0.15, 0.2) is 63.1 Å². The lowest BCUT2D eigenvalue weighted by Gasteiger charge is -2.05. The van der Waals surface area contributed by atoms with Gasteiger partial charge >= 0.3 is 0 Å². The van der Waals surface area contributed by atoms with Crippen LogP contribution < -0.4 is 4.74 Å². The van der Waals surface area contributed by atoms with Crippen LogP contribution in [0.5, 0.6) is 11.6 Å². The fraction of sp³-hybridized carbons (Fsp3) is 0.222. The van der Waals surface area contributed by atoms with E-state index in [1.54, 1.807) is 36.4 Å². The maximum Gasteiger partial charge on any atom is 0.299 e. The Morgan fingerprint density at radius 3 is 2.58 bits per heavy atom. The second-order valence-corrected chi connectivity index (χ2v) is 7.28. The second kappa shape index (κ2) is 7.57. The van der Waals surface area contributed by atoms with Crippen molar-refractivity contribution in [2.45, 2.75) is 24.7 Å². The van der Waals surface area contributed by atoms with E-state index < -0.39 is 10.0 Å². The molecule has 8 heteroatoms. The number of hydrogen-bond acceptors (Lipinski definition) is 5. The molecule has 0 atom stereocenters. The number of nitrogens with one attached hydrogen (secondary N) is 1. The summed E-state index contributed by atoms with van der Waals surface area (Å²) in [5.74, 6) is 0.369. The number of rotatable bonds is 7. The fourth-order valence-electron chi connectivity index (χ4n) is 2.40. The van der Waals surface area contributed by atoms with Crippen LogP contribution in [0.3, 0.4) is 0 Å². The highest BCUT2D eigenvalue weighted by atomic mass is 32.2. The number of hydrogen-bond donors (Lipinski definition) is 2. The van der Waals surface area contributed by atoms with Crippen LogP contribution in [0.4, 0.5) is 5.69 Å². The van der Waals surface area contributed by atoms with Gasteiger partial charge in [0.25, 0.3) is 10.0 Å². The maximum absolute atomic E-state index is 12.4. The van der Waals surface area contributed by atoms with Crippen molar-refractivity contribution in [3.63, 3.8) is 0 Å². The lowest BCUT2D eigenvalue weighted by Crippen LogP contribution is -1.98. The van der Waals surface area contributed by atoms with Crippen LogP contribution in [0.2, 0.25) is 0 Å². The second-order valence-electron chi connectivity index (χ2n) is 5.70. The molecule has 0 aliphatic carbocycles. The van der Waals surface area contributed by atoms with Crippen molar-refractivity contribution in [3.05, 3.63) is 48.5 Å². The zero-order chi connectivity index (χ0) is 18.6. The predicted molar refractivity (Wildman–Crippen MR) is 98.5 cm³/mol. The Morgan fingerprint density at radius 1 is 1.12 bits per heavy atom. The summed E-state index contributed by atoms with van der Waals surface area (Å²) in [5, 5.41) is 14.3. The third kappa shape index (κ3) is 3.85. The van der Waals surface area contributed by atoms with Crippen LogP contribution in [0.1, 0.15) is 19.8 Å². The third-order valence-electron chi connectivity index (χ3n) is 3.80. The van der Waals surface area contributed by atoms with Crippen molar-refractivity contribution in [2.24, 2.45) is 9.63 Å². The quantitative estimate of drug-likeness (QED) is 0.469. The average Bonchev–Trinajstić information content (AvgIpc) is 2.96. The number of unbranched alkanes of at least 4 members (excludes halogenated alkanes) is 1. The summed E-state index contributed by atoms with van der Waals surface area (Å²) in [6.45, 7) is 2.65. The predicted octanol–water partition coefficient (Wildman–Crippen LogP) is 4.53. The van der Waals surface area contributed by atoms with Gasteiger partial charge in [0.1, 0.15) is 5.75 Å². The van der Waals surface area contributed by atoms with E-state index in [0.29, 0.717) is 23.3 Å². The van der Waals surface area contributed by atoms with E-state index >= 15 is 0 Å². The van der Waals surface area contributed by atoms with E-state index in [0.717, 1.165) is 12.8 Å². The molecule has 0 bridgehead atoms. The van der Waals surface area contributed by atoms with Gasteiger partial charge in [0.15, 0.2) is 5.69 Å². The van der Waals surface area contributed by atoms with E-state index in [2.05, 4.69) is 21.5 Å². The molecule has 7 nitrogen and oxygen atoms in total. The summed E-state index contributed by atoms with van der Waals surface area (Å²) in [6.07, 6.45) is 1.95. The number of aromatic hydroxyl groups is 1. The van der Waals surface area contributed by atoms with Crippen molar-refractivity contribution in [1.82, 2.24) is 4.98 Å². The molecule has 2 N–H and O–H groups in total. The minimum absolute atomic E-state index is 0.00317. The molecule has 0 saturated carbocycles. The number of H-pyrrole nitrogens is 1. The van der Waals surface area contributed by atoms with Gasteiger partial charge in [-0.05, 0) is 36.8 Å². The summed E-state index contributed by atoms with van der Waals surface area (Å²) >= 11 is 0. The highest BCUT2D eigenvalue weighted by Gasteiger charge is 2.15. The third-order valence-corrected chi connectivity index (χ3v) is 4.96. The summed E-state index contributed by atoms with van der Waals surface area (Å²) in [5.41, 5.74) is 0.730. The van der Waals surface area contributed by atoms with Gasteiger partial charge in [-0.3, -0.25) is 0 Å². The van der Waals surface area contributed by atoms with Crippen molar-refractivity contribution in [3.8, 4) is 11.6 Å². The van der Waals surface area contributed by atoms with E-state index in [1.807, 2.05) is 0 Å². The van der Waals surface area contributed by atoms with Gasteiger partial charge in [0.05, 0.1) is 17.0 Å². The van der Waals surface area contributed by atoms with Gasteiger partial charge in [-0.25, -0.2) is 0 Å². The Labute approximate surface area is 151 Å². The minimum Gasteiger partial charge on any atom is -0.494 e. The number of aromatic nitrogens is 1. The zero-order valence-electron chi connectivity index (χ0n) is 14.2. The number of fused-ring (bicyclic) bond motifs is 1. The lowest BCUT2D eigenvalue weighted by atomic mass is 10.2. The molecule has 0 spiro atoms. The van der Waals surface area contributed by atoms with Crippen molar-refractivity contribution in [1.29, 1.82) is 0 Å². The first kappa shape index (κ1) is 17.9. The molecule has 0 aliphatic rings. The van der Waals surface area contributed by atoms with Crippen LogP contribution in [0.25, 0.3) is 10.9 Å². The van der Waals surface area contributed by atoms with Gasteiger partial charge in [-0.15, -0.1) is 5.11 Å². The normalized spacial score (nSPS) is 12.0. The SMILES string of the molecule is CCCCOc1ccc(S(=O)(=O)N=Nc2c(O)[nH]c3ccccc23)cc1. The van der Waals surface area contributed by atoms with Gasteiger partial charge in [-0.1, -0.05) is 36.1 Å². The monoisotopic (exact) mass is 373 g/mol. The Balaban J connectivity index is 1.82. The first-order chi connectivity index (χ1) is 12.5. The molecular formula is C18H19N3O4S. The van der Waals surface area contributed by atoms with Crippen LogP contribution in [-0.4, -0.2) is 25.1 Å². The smallest absolute Gasteiger partial charge is 0.299 e. The van der Waals surface area contributed by atoms with Gasteiger partial charge in [-0.2, -0.15) is 8.42 Å². The molecule has 136 valence electrons. The number of sulfonamides is 1. The van der Waals surface area contributed by atoms with E-state index in [1.165, 1.54) is 12.1 Å². The van der Waals surface area contributed by atoms with E-state index in [4.69, 9.17) is 4.74 Å². The van der Waals surface area contributed by atoms with Crippen LogP contribution >= 0.6 is 0 Å². The molecule has 1 aromatic heterocycles. The first-order valence-corrected chi connectivity index (χ1v) is 9.66. The van der Waals surface area contributed by atoms with E-state index in [-0.39, 0.29) is 16.5 Å². The number of aromatic amines is 1. The zero-order valence-corrected chi connectivity index (χ0v) is 15.0. The molecule has 2 aromatic carbocycles. The Kier molecular flexibility index (Phi) is 5.22. The number of benzene rings is 2. The van der Waals surface area contributed by atoms with Crippen molar-refractivity contribution in [2.75, 3.05) is 6.61 Å². The lowest BCUT2D eigenvalue weighted by molar-refractivity contribution is 0.309. The number of nitrogens with zero attached hydrogens (tertiary/aromatic N) is 2. The highest BCUT2D eigenvalue weighted by molar-refractivity contribution is 7.90. The van der Waals surface area contributed by atoms with Crippen molar-refractivity contribution < 1.29 is 18.3 Å². The van der Waals surface area contributed by atoms with Crippen LogP contribution in [0, 0.1) is 0 Å². The highest BCUT2D eigenvalue weighted by Crippen LogP contribution is 2.35. The molecule has 26 heavy (non-hydrogen) atoms. The van der Waals surface area contributed by atoms with Gasteiger partial charge in [0, 0.05) is 5.39 Å².